The monoisotopic (exact) mass is 582 g/mol. The molecular formula is C31H34N8O4. The molecule has 3 heterocycles. The van der Waals surface area contributed by atoms with E-state index < -0.39 is 11.9 Å². The van der Waals surface area contributed by atoms with Crippen molar-refractivity contribution in [3.05, 3.63) is 89.9 Å². The summed E-state index contributed by atoms with van der Waals surface area (Å²) < 4.78 is 7.73. The Morgan fingerprint density at radius 2 is 1.81 bits per heavy atom. The number of carbonyl (C=O) groups excluding carboxylic acids is 3. The Bertz CT molecular complexity index is 1590. The quantitative estimate of drug-likeness (QED) is 0.333. The van der Waals surface area contributed by atoms with Crippen LogP contribution in [0.2, 0.25) is 0 Å². The molecule has 4 N–H and O–H groups in total. The molecule has 222 valence electrons. The van der Waals surface area contributed by atoms with Gasteiger partial charge >= 0.3 is 0 Å². The fourth-order valence-electron chi connectivity index (χ4n) is 4.73. The van der Waals surface area contributed by atoms with E-state index in [9.17, 15) is 14.4 Å². The van der Waals surface area contributed by atoms with Crippen LogP contribution in [0.3, 0.4) is 0 Å². The first-order valence-corrected chi connectivity index (χ1v) is 14.1. The van der Waals surface area contributed by atoms with Crippen molar-refractivity contribution in [2.24, 2.45) is 5.92 Å². The topological polar surface area (TPSA) is 157 Å². The number of aromatic nitrogens is 4. The summed E-state index contributed by atoms with van der Waals surface area (Å²) >= 11 is 0. The van der Waals surface area contributed by atoms with Crippen LogP contribution < -0.4 is 21.1 Å². The van der Waals surface area contributed by atoms with Gasteiger partial charge in [-0.1, -0.05) is 50.2 Å². The van der Waals surface area contributed by atoms with Gasteiger partial charge in [-0.15, -0.1) is 0 Å². The van der Waals surface area contributed by atoms with Crippen LogP contribution in [0.1, 0.15) is 46.4 Å². The summed E-state index contributed by atoms with van der Waals surface area (Å²) in [5.41, 5.74) is 7.22. The lowest BCUT2D eigenvalue weighted by atomic mass is 10.0. The second kappa shape index (κ2) is 13.1. The first-order chi connectivity index (χ1) is 20.8. The first kappa shape index (κ1) is 29.2. The highest BCUT2D eigenvalue weighted by molar-refractivity contribution is 5.97. The molecule has 1 aliphatic rings. The van der Waals surface area contributed by atoms with E-state index in [-0.39, 0.29) is 55.4 Å². The molecule has 12 nitrogen and oxygen atoms in total. The van der Waals surface area contributed by atoms with E-state index >= 15 is 0 Å². The lowest BCUT2D eigenvalue weighted by Crippen LogP contribution is -2.46. The SMILES string of the molecule is CC(C)[C@@H]1NC(=O)CN(C(=O)c2ccc(N)nc2)CCNC(=O)c2cccc(c2)OCCn2nc(-c3ccccc3)nc21. The number of hydrogen-bond donors (Lipinski definition) is 3. The zero-order chi connectivity index (χ0) is 30.3. The van der Waals surface area contributed by atoms with Crippen molar-refractivity contribution in [1.82, 2.24) is 35.3 Å². The third kappa shape index (κ3) is 7.15. The Balaban J connectivity index is 1.50. The maximum absolute atomic E-state index is 13.5. The van der Waals surface area contributed by atoms with E-state index in [2.05, 4.69) is 15.6 Å². The number of amides is 3. The molecular weight excluding hydrogens is 548 g/mol. The molecule has 0 unspecified atom stereocenters. The number of rotatable bonds is 3. The van der Waals surface area contributed by atoms with Crippen molar-refractivity contribution < 1.29 is 19.1 Å². The van der Waals surface area contributed by atoms with Crippen LogP contribution in [0.25, 0.3) is 11.4 Å². The van der Waals surface area contributed by atoms with E-state index in [0.29, 0.717) is 29.5 Å². The smallest absolute Gasteiger partial charge is 0.255 e. The highest BCUT2D eigenvalue weighted by Gasteiger charge is 2.28. The standard InChI is InChI=1S/C31H34N8O4/c1-20(2)27-29-36-28(21-7-4-3-5-8-21)37-39(29)15-16-43-24-10-6-9-22(17-24)30(41)33-13-14-38(19-26(40)35-27)31(42)23-11-12-25(32)34-18-23/h3-12,17-18,20,27H,13-16,19H2,1-2H3,(H2,32,34)(H,33,41)(H,35,40)/t27-/m0/s1. The van der Waals surface area contributed by atoms with Crippen LogP contribution in [-0.2, 0) is 11.3 Å². The molecule has 2 aromatic carbocycles. The normalized spacial score (nSPS) is 16.4. The maximum atomic E-state index is 13.5. The fraction of sp³-hybridized carbons (Fsp3) is 0.290. The molecule has 4 aromatic rings. The van der Waals surface area contributed by atoms with Crippen molar-refractivity contribution in [3.8, 4) is 17.1 Å². The van der Waals surface area contributed by atoms with Gasteiger partial charge in [-0.05, 0) is 36.2 Å². The Labute approximate surface area is 249 Å². The molecule has 43 heavy (non-hydrogen) atoms. The van der Waals surface area contributed by atoms with Gasteiger partial charge in [0.2, 0.25) is 5.91 Å². The molecule has 0 saturated carbocycles. The molecule has 0 spiro atoms. The lowest BCUT2D eigenvalue weighted by Gasteiger charge is -2.26. The minimum atomic E-state index is -0.508. The second-order valence-electron chi connectivity index (χ2n) is 10.5. The number of nitrogens with two attached hydrogens (primary N) is 1. The largest absolute Gasteiger partial charge is 0.492 e. The molecule has 0 aliphatic carbocycles. The van der Waals surface area contributed by atoms with E-state index in [1.54, 1.807) is 35.0 Å². The highest BCUT2D eigenvalue weighted by atomic mass is 16.5. The van der Waals surface area contributed by atoms with Gasteiger partial charge in [0.05, 0.1) is 24.7 Å². The van der Waals surface area contributed by atoms with Crippen LogP contribution in [0, 0.1) is 5.92 Å². The first-order valence-electron chi connectivity index (χ1n) is 14.1. The summed E-state index contributed by atoms with van der Waals surface area (Å²) in [5.74, 6) is 0.716. The Kier molecular flexibility index (Phi) is 8.94. The minimum absolute atomic E-state index is 0.0556. The number of pyridine rings is 1. The number of anilines is 1. The zero-order valence-corrected chi connectivity index (χ0v) is 24.1. The lowest BCUT2D eigenvalue weighted by molar-refractivity contribution is -0.123. The summed E-state index contributed by atoms with van der Waals surface area (Å²) in [6, 6.07) is 19.0. The number of nitrogens with zero attached hydrogens (tertiary/aromatic N) is 5. The van der Waals surface area contributed by atoms with Crippen molar-refractivity contribution in [2.45, 2.75) is 26.4 Å². The number of hydrogen-bond acceptors (Lipinski definition) is 8. The van der Waals surface area contributed by atoms with Gasteiger partial charge in [0.25, 0.3) is 11.8 Å². The second-order valence-corrected chi connectivity index (χ2v) is 10.5. The summed E-state index contributed by atoms with van der Waals surface area (Å²) in [4.78, 5) is 50.1. The van der Waals surface area contributed by atoms with Crippen LogP contribution in [-0.4, -0.2) is 68.6 Å². The van der Waals surface area contributed by atoms with Crippen molar-refractivity contribution >= 4 is 23.5 Å². The van der Waals surface area contributed by atoms with Crippen LogP contribution in [0.5, 0.6) is 5.75 Å². The molecule has 1 aliphatic heterocycles. The zero-order valence-electron chi connectivity index (χ0n) is 24.1. The summed E-state index contributed by atoms with van der Waals surface area (Å²) in [5, 5.41) is 10.7. The number of carbonyl (C=O) groups is 3. The molecule has 0 fully saturated rings. The summed E-state index contributed by atoms with van der Waals surface area (Å²) in [7, 11) is 0. The van der Waals surface area contributed by atoms with Crippen molar-refractivity contribution in [3.63, 3.8) is 0 Å². The number of fused-ring (bicyclic) bond motifs is 3. The maximum Gasteiger partial charge on any atom is 0.255 e. The third-order valence-electron chi connectivity index (χ3n) is 6.98. The van der Waals surface area contributed by atoms with Gasteiger partial charge in [0, 0.05) is 30.4 Å². The van der Waals surface area contributed by atoms with Gasteiger partial charge in [-0.3, -0.25) is 14.4 Å². The summed E-state index contributed by atoms with van der Waals surface area (Å²) in [6.07, 6.45) is 1.37. The molecule has 2 bridgehead atoms. The number of benzene rings is 2. The van der Waals surface area contributed by atoms with E-state index in [4.69, 9.17) is 20.6 Å². The predicted molar refractivity (Wildman–Crippen MR) is 160 cm³/mol. The van der Waals surface area contributed by atoms with Gasteiger partial charge < -0.3 is 26.0 Å². The Hall–Kier alpha value is -5.26. The van der Waals surface area contributed by atoms with E-state index in [1.807, 2.05) is 44.2 Å². The molecule has 3 amide bonds. The molecule has 0 radical (unpaired) electrons. The molecule has 0 saturated heterocycles. The van der Waals surface area contributed by atoms with Gasteiger partial charge in [-0.2, -0.15) is 5.10 Å². The molecule has 12 heteroatoms. The third-order valence-corrected chi connectivity index (χ3v) is 6.98. The molecule has 5 rings (SSSR count). The molecule has 2 aromatic heterocycles. The van der Waals surface area contributed by atoms with Gasteiger partial charge in [0.1, 0.15) is 18.2 Å². The fourth-order valence-corrected chi connectivity index (χ4v) is 4.73. The van der Waals surface area contributed by atoms with Crippen LogP contribution in [0.4, 0.5) is 5.82 Å². The van der Waals surface area contributed by atoms with E-state index in [1.165, 1.54) is 17.2 Å². The number of nitrogens with one attached hydrogen (secondary N) is 2. The summed E-state index contributed by atoms with van der Waals surface area (Å²) in [6.45, 7) is 4.52. The van der Waals surface area contributed by atoms with E-state index in [0.717, 1.165) is 5.56 Å². The van der Waals surface area contributed by atoms with Crippen molar-refractivity contribution in [1.29, 1.82) is 0 Å². The Morgan fingerprint density at radius 1 is 1.02 bits per heavy atom. The van der Waals surface area contributed by atoms with Gasteiger partial charge in [-0.25, -0.2) is 14.6 Å². The van der Waals surface area contributed by atoms with Crippen molar-refractivity contribution in [2.75, 3.05) is 32.0 Å². The molecule has 1 atom stereocenters. The average Bonchev–Trinajstić information content (AvgIpc) is 3.43. The highest BCUT2D eigenvalue weighted by Crippen LogP contribution is 2.24. The Morgan fingerprint density at radius 3 is 2.56 bits per heavy atom. The minimum Gasteiger partial charge on any atom is -0.492 e. The number of nitrogen functional groups attached to an aromatic ring is 1. The average molecular weight is 583 g/mol. The predicted octanol–water partition coefficient (Wildman–Crippen LogP) is 2.70. The number of ether oxygens (including phenoxy) is 1. The van der Waals surface area contributed by atoms with Crippen LogP contribution in [0.15, 0.2) is 72.9 Å². The van der Waals surface area contributed by atoms with Crippen LogP contribution >= 0.6 is 0 Å². The van der Waals surface area contributed by atoms with Gasteiger partial charge in [0.15, 0.2) is 11.6 Å².